The van der Waals surface area contributed by atoms with E-state index in [1.807, 2.05) is 20.8 Å². The van der Waals surface area contributed by atoms with Crippen LogP contribution in [-0.4, -0.2) is 62.9 Å². The quantitative estimate of drug-likeness (QED) is 0.483. The minimum absolute atomic E-state index is 0.0915. The number of benzene rings is 1. The molecule has 1 fully saturated rings. The van der Waals surface area contributed by atoms with Crippen molar-refractivity contribution in [2.75, 3.05) is 35.8 Å². The average Bonchev–Trinajstić information content (AvgIpc) is 3.42. The van der Waals surface area contributed by atoms with Gasteiger partial charge in [0.1, 0.15) is 4.21 Å². The first-order valence-corrected chi connectivity index (χ1v) is 15.1. The van der Waals surface area contributed by atoms with Gasteiger partial charge in [-0.3, -0.25) is 13.9 Å². The predicted octanol–water partition coefficient (Wildman–Crippen LogP) is 3.16. The molecule has 10 nitrogen and oxygen atoms in total. The summed E-state index contributed by atoms with van der Waals surface area (Å²) >= 11 is 1.16. The van der Waals surface area contributed by atoms with Gasteiger partial charge in [0.25, 0.3) is 10.0 Å². The summed E-state index contributed by atoms with van der Waals surface area (Å²) in [6.45, 7) is 7.69. The average molecular weight is 562 g/mol. The van der Waals surface area contributed by atoms with E-state index in [2.05, 4.69) is 16.0 Å². The summed E-state index contributed by atoms with van der Waals surface area (Å²) in [6, 6.07) is 8.28. The summed E-state index contributed by atoms with van der Waals surface area (Å²) in [6.07, 6.45) is 2.90. The van der Waals surface area contributed by atoms with Crippen LogP contribution in [0.2, 0.25) is 0 Å². The zero-order valence-corrected chi connectivity index (χ0v) is 23.6. The molecule has 0 saturated carbocycles. The van der Waals surface area contributed by atoms with Crippen molar-refractivity contribution in [2.24, 2.45) is 5.92 Å². The normalized spacial score (nSPS) is 16.5. The second-order valence-electron chi connectivity index (χ2n) is 10.7. The largest absolute Gasteiger partial charge is 0.348 e. The van der Waals surface area contributed by atoms with E-state index in [-0.39, 0.29) is 21.7 Å². The Bertz CT molecular complexity index is 1280. The summed E-state index contributed by atoms with van der Waals surface area (Å²) in [5.74, 6) is -1.39. The van der Waals surface area contributed by atoms with Crippen molar-refractivity contribution in [3.63, 3.8) is 0 Å². The number of hydrogen-bond donors (Lipinski definition) is 3. The van der Waals surface area contributed by atoms with Crippen LogP contribution < -0.4 is 20.3 Å². The van der Waals surface area contributed by atoms with Crippen LogP contribution in [0.5, 0.6) is 0 Å². The molecule has 1 saturated heterocycles. The number of amides is 4. The molecule has 4 amide bonds. The molecule has 3 N–H and O–H groups in total. The van der Waals surface area contributed by atoms with Crippen molar-refractivity contribution in [1.29, 1.82) is 0 Å². The summed E-state index contributed by atoms with van der Waals surface area (Å²) in [5, 5.41) is 9.97. The number of aryl methyl sites for hydroxylation is 1. The van der Waals surface area contributed by atoms with Crippen molar-refractivity contribution in [3.8, 4) is 0 Å². The lowest BCUT2D eigenvalue weighted by Gasteiger charge is -2.34. The molecule has 0 radical (unpaired) electrons. The third kappa shape index (κ3) is 6.65. The van der Waals surface area contributed by atoms with E-state index in [1.54, 1.807) is 40.6 Å². The molecule has 0 bridgehead atoms. The lowest BCUT2D eigenvalue weighted by atomic mass is 9.97. The first-order chi connectivity index (χ1) is 17.9. The first-order valence-electron chi connectivity index (χ1n) is 12.8. The predicted molar refractivity (Wildman–Crippen MR) is 148 cm³/mol. The van der Waals surface area contributed by atoms with Gasteiger partial charge in [0.2, 0.25) is 0 Å². The highest BCUT2D eigenvalue weighted by molar-refractivity contribution is 7.94. The lowest BCUT2D eigenvalue weighted by molar-refractivity contribution is -0.136. The maximum Gasteiger partial charge on any atom is 0.317 e. The number of likely N-dealkylation sites (tertiary alicyclic amines) is 1. The molecular weight excluding hydrogens is 526 g/mol. The first kappa shape index (κ1) is 27.9. The van der Waals surface area contributed by atoms with Crippen LogP contribution in [0.25, 0.3) is 0 Å². The smallest absolute Gasteiger partial charge is 0.317 e. The van der Waals surface area contributed by atoms with E-state index >= 15 is 0 Å². The molecule has 1 aromatic heterocycles. The Morgan fingerprint density at radius 1 is 1.05 bits per heavy atom. The highest BCUT2D eigenvalue weighted by Gasteiger charge is 2.30. The zero-order valence-electron chi connectivity index (χ0n) is 22.0. The number of rotatable bonds is 5. The Hall–Kier alpha value is -3.12. The molecule has 1 aromatic carbocycles. The maximum absolute atomic E-state index is 13.2. The highest BCUT2D eigenvalue weighted by Crippen LogP contribution is 2.35. The Morgan fingerprint density at radius 2 is 1.79 bits per heavy atom. The molecule has 38 heavy (non-hydrogen) atoms. The van der Waals surface area contributed by atoms with Crippen LogP contribution in [0, 0.1) is 5.92 Å². The van der Waals surface area contributed by atoms with Gasteiger partial charge in [0.05, 0.1) is 5.69 Å². The summed E-state index contributed by atoms with van der Waals surface area (Å²) in [4.78, 5) is 39.2. The number of nitrogens with one attached hydrogen (secondary N) is 3. The van der Waals surface area contributed by atoms with Crippen molar-refractivity contribution < 1.29 is 22.8 Å². The second kappa shape index (κ2) is 11.3. The van der Waals surface area contributed by atoms with Gasteiger partial charge in [0, 0.05) is 37.4 Å². The topological polar surface area (TPSA) is 128 Å². The molecule has 0 atom stereocenters. The number of carbonyl (C=O) groups excluding carboxylic acids is 3. The van der Waals surface area contributed by atoms with Crippen LogP contribution >= 0.6 is 11.3 Å². The Labute approximate surface area is 227 Å². The fourth-order valence-corrected chi connectivity index (χ4v) is 7.27. The Balaban J connectivity index is 1.31. The number of nitrogens with zero attached hydrogens (tertiary/aromatic N) is 2. The van der Waals surface area contributed by atoms with Crippen LogP contribution in [-0.2, 0) is 26.0 Å². The van der Waals surface area contributed by atoms with Gasteiger partial charge in [-0.25, -0.2) is 13.2 Å². The minimum atomic E-state index is -3.70. The van der Waals surface area contributed by atoms with Gasteiger partial charge < -0.3 is 20.9 Å². The summed E-state index contributed by atoms with van der Waals surface area (Å²) in [5.41, 5.74) is 1.45. The number of thiophene rings is 1. The van der Waals surface area contributed by atoms with Gasteiger partial charge in [-0.05, 0) is 81.5 Å². The molecule has 2 aromatic rings. The maximum atomic E-state index is 13.2. The number of piperidine rings is 1. The Morgan fingerprint density at radius 3 is 2.45 bits per heavy atom. The van der Waals surface area contributed by atoms with Crippen LogP contribution in [0.15, 0.2) is 39.9 Å². The Kier molecular flexibility index (Phi) is 8.31. The van der Waals surface area contributed by atoms with E-state index in [0.717, 1.165) is 36.2 Å². The number of anilines is 2. The monoisotopic (exact) mass is 561 g/mol. The molecule has 206 valence electrons. The third-order valence-corrected chi connectivity index (χ3v) is 9.79. The van der Waals surface area contributed by atoms with E-state index in [9.17, 15) is 22.8 Å². The van der Waals surface area contributed by atoms with E-state index in [1.165, 1.54) is 4.31 Å². The van der Waals surface area contributed by atoms with Gasteiger partial charge in [-0.2, -0.15) is 0 Å². The fraction of sp³-hybridized carbons (Fsp3) is 0.500. The van der Waals surface area contributed by atoms with Crippen molar-refractivity contribution in [2.45, 2.75) is 56.2 Å². The third-order valence-electron chi connectivity index (χ3n) is 6.60. The summed E-state index contributed by atoms with van der Waals surface area (Å²) in [7, 11) is -3.70. The number of urea groups is 1. The fourth-order valence-electron chi connectivity index (χ4n) is 4.63. The van der Waals surface area contributed by atoms with E-state index in [0.29, 0.717) is 44.0 Å². The van der Waals surface area contributed by atoms with Crippen LogP contribution in [0.1, 0.15) is 45.6 Å². The van der Waals surface area contributed by atoms with Crippen molar-refractivity contribution >= 4 is 50.6 Å². The summed E-state index contributed by atoms with van der Waals surface area (Å²) < 4.78 is 28.0. The molecule has 0 spiro atoms. The van der Waals surface area contributed by atoms with Gasteiger partial charge in [-0.15, -0.1) is 11.3 Å². The zero-order chi connectivity index (χ0) is 27.5. The number of fused-ring (bicyclic) bond motifs is 1. The van der Waals surface area contributed by atoms with E-state index in [4.69, 9.17) is 0 Å². The molecule has 0 unspecified atom stereocenters. The molecule has 3 heterocycles. The van der Waals surface area contributed by atoms with Gasteiger partial charge >= 0.3 is 17.8 Å². The van der Waals surface area contributed by atoms with Crippen LogP contribution in [0.3, 0.4) is 0 Å². The molecule has 2 aliphatic rings. The SMILES string of the molecule is CC(C)(C)NC(=O)N1CCC(CNC(=O)C(=O)Nc2ccc3c(c2)N(S(=O)(=O)c2cccs2)CCC3)CC1. The van der Waals surface area contributed by atoms with Gasteiger partial charge in [-0.1, -0.05) is 12.1 Å². The minimum Gasteiger partial charge on any atom is -0.348 e. The van der Waals surface area contributed by atoms with E-state index < -0.39 is 21.8 Å². The standard InChI is InChI=1S/C26H35N5O5S2/c1-26(2,3)29-25(34)30-13-10-18(11-14-30)17-27-23(32)24(33)28-20-9-8-19-6-4-12-31(21(19)16-20)38(35,36)22-7-5-15-37-22/h5,7-9,15-16,18H,4,6,10-14,17H2,1-3H3,(H,27,32)(H,28,33)(H,29,34). The molecule has 4 rings (SSSR count). The number of carbonyl (C=O) groups is 3. The van der Waals surface area contributed by atoms with Crippen molar-refractivity contribution in [3.05, 3.63) is 41.3 Å². The number of sulfonamides is 1. The van der Waals surface area contributed by atoms with Crippen LogP contribution in [0.4, 0.5) is 16.2 Å². The molecule has 2 aliphatic heterocycles. The molecule has 0 aliphatic carbocycles. The highest BCUT2D eigenvalue weighted by atomic mass is 32.2. The lowest BCUT2D eigenvalue weighted by Crippen LogP contribution is -2.51. The second-order valence-corrected chi connectivity index (χ2v) is 13.8. The van der Waals surface area contributed by atoms with Gasteiger partial charge in [0.15, 0.2) is 0 Å². The molecular formula is C26H35N5O5S2. The number of hydrogen-bond acceptors (Lipinski definition) is 6. The van der Waals surface area contributed by atoms with Crippen molar-refractivity contribution in [1.82, 2.24) is 15.5 Å². The molecule has 12 heteroatoms.